The zero-order valence-corrected chi connectivity index (χ0v) is 10.7. The van der Waals surface area contributed by atoms with Crippen molar-refractivity contribution in [3.05, 3.63) is 46.8 Å². The number of aromatic nitrogens is 2. The van der Waals surface area contributed by atoms with Gasteiger partial charge in [-0.05, 0) is 38.0 Å². The summed E-state index contributed by atoms with van der Waals surface area (Å²) in [6.45, 7) is 6.14. The zero-order chi connectivity index (χ0) is 13.1. The molecule has 90 valence electrons. The second kappa shape index (κ2) is 4.84. The van der Waals surface area contributed by atoms with Crippen LogP contribution in [-0.4, -0.2) is 9.97 Å². The molecular formula is C14H14N4. The molecule has 0 aliphatic rings. The minimum absolute atomic E-state index is 0.356. The molecule has 0 atom stereocenters. The van der Waals surface area contributed by atoms with Crippen molar-refractivity contribution in [2.75, 3.05) is 5.32 Å². The fraction of sp³-hybridized carbons (Fsp3) is 0.214. The van der Waals surface area contributed by atoms with Gasteiger partial charge in [0.05, 0.1) is 0 Å². The summed E-state index contributed by atoms with van der Waals surface area (Å²) in [5.41, 5.74) is 4.85. The number of benzene rings is 1. The standard InChI is InChI=1S/C14H14N4/c1-9-6-10(2)13(11(3)7-9)18-14-16-5-4-12(8-15)17-14/h4-7H,1-3H3,(H,16,17,18). The minimum Gasteiger partial charge on any atom is -0.324 e. The number of hydrogen-bond donors (Lipinski definition) is 1. The van der Waals surface area contributed by atoms with Gasteiger partial charge < -0.3 is 5.32 Å². The lowest BCUT2D eigenvalue weighted by atomic mass is 10.1. The van der Waals surface area contributed by atoms with Crippen molar-refractivity contribution in [3.63, 3.8) is 0 Å². The molecule has 0 fully saturated rings. The number of nitriles is 1. The van der Waals surface area contributed by atoms with Crippen LogP contribution in [0.5, 0.6) is 0 Å². The van der Waals surface area contributed by atoms with Crippen LogP contribution in [0.2, 0.25) is 0 Å². The third-order valence-electron chi connectivity index (χ3n) is 2.68. The summed E-state index contributed by atoms with van der Waals surface area (Å²) < 4.78 is 0. The second-order valence-corrected chi connectivity index (χ2v) is 4.28. The molecular weight excluding hydrogens is 224 g/mol. The molecule has 0 amide bonds. The van der Waals surface area contributed by atoms with E-state index in [2.05, 4.69) is 34.3 Å². The Morgan fingerprint density at radius 2 is 1.83 bits per heavy atom. The van der Waals surface area contributed by atoms with Crippen LogP contribution in [0.3, 0.4) is 0 Å². The van der Waals surface area contributed by atoms with Gasteiger partial charge in [-0.15, -0.1) is 0 Å². The van der Waals surface area contributed by atoms with Gasteiger partial charge in [-0.25, -0.2) is 9.97 Å². The maximum atomic E-state index is 8.81. The predicted octanol–water partition coefficient (Wildman–Crippen LogP) is 3.02. The van der Waals surface area contributed by atoms with Crippen LogP contribution in [0.4, 0.5) is 11.6 Å². The van der Waals surface area contributed by atoms with Gasteiger partial charge in [0.25, 0.3) is 0 Å². The van der Waals surface area contributed by atoms with Crippen LogP contribution in [0, 0.1) is 32.1 Å². The number of nitrogens with zero attached hydrogens (tertiary/aromatic N) is 3. The summed E-state index contributed by atoms with van der Waals surface area (Å²) in [5.74, 6) is 0.448. The van der Waals surface area contributed by atoms with E-state index in [1.807, 2.05) is 19.9 Å². The van der Waals surface area contributed by atoms with Gasteiger partial charge in [0.2, 0.25) is 5.95 Å². The molecule has 0 radical (unpaired) electrons. The van der Waals surface area contributed by atoms with Gasteiger partial charge >= 0.3 is 0 Å². The van der Waals surface area contributed by atoms with Gasteiger partial charge in [-0.1, -0.05) is 17.7 Å². The highest BCUT2D eigenvalue weighted by Gasteiger charge is 2.06. The Hall–Kier alpha value is -2.41. The van der Waals surface area contributed by atoms with Crippen LogP contribution in [0.15, 0.2) is 24.4 Å². The molecule has 0 saturated carbocycles. The Morgan fingerprint density at radius 3 is 2.44 bits per heavy atom. The molecule has 18 heavy (non-hydrogen) atoms. The van der Waals surface area contributed by atoms with E-state index in [0.29, 0.717) is 11.6 Å². The van der Waals surface area contributed by atoms with Crippen LogP contribution in [-0.2, 0) is 0 Å². The molecule has 2 aromatic rings. The molecule has 0 unspecified atom stereocenters. The fourth-order valence-corrected chi connectivity index (χ4v) is 1.97. The molecule has 1 N–H and O–H groups in total. The molecule has 0 aliphatic carbocycles. The lowest BCUT2D eigenvalue weighted by Crippen LogP contribution is -2.01. The van der Waals surface area contributed by atoms with E-state index < -0.39 is 0 Å². The van der Waals surface area contributed by atoms with E-state index in [1.165, 1.54) is 5.56 Å². The minimum atomic E-state index is 0.356. The van der Waals surface area contributed by atoms with Crippen LogP contribution >= 0.6 is 0 Å². The van der Waals surface area contributed by atoms with E-state index in [0.717, 1.165) is 16.8 Å². The first-order valence-corrected chi connectivity index (χ1v) is 5.68. The average Bonchev–Trinajstić information content (AvgIpc) is 2.34. The molecule has 0 bridgehead atoms. The largest absolute Gasteiger partial charge is 0.324 e. The number of hydrogen-bond acceptors (Lipinski definition) is 4. The van der Waals surface area contributed by atoms with E-state index >= 15 is 0 Å². The average molecular weight is 238 g/mol. The lowest BCUT2D eigenvalue weighted by molar-refractivity contribution is 1.13. The van der Waals surface area contributed by atoms with Gasteiger partial charge in [0.15, 0.2) is 0 Å². The van der Waals surface area contributed by atoms with Crippen LogP contribution in [0.25, 0.3) is 0 Å². The summed E-state index contributed by atoms with van der Waals surface area (Å²) in [6.07, 6.45) is 1.58. The molecule has 0 spiro atoms. The molecule has 1 aromatic heterocycles. The van der Waals surface area contributed by atoms with Crippen molar-refractivity contribution in [2.24, 2.45) is 0 Å². The van der Waals surface area contributed by atoms with Crippen LogP contribution < -0.4 is 5.32 Å². The third-order valence-corrected chi connectivity index (χ3v) is 2.68. The highest BCUT2D eigenvalue weighted by molar-refractivity contribution is 5.63. The Morgan fingerprint density at radius 1 is 1.17 bits per heavy atom. The summed E-state index contributed by atoms with van der Waals surface area (Å²) in [5, 5.41) is 12.0. The Labute approximate surface area is 106 Å². The number of anilines is 2. The number of rotatable bonds is 2. The van der Waals surface area contributed by atoms with Gasteiger partial charge in [-0.2, -0.15) is 5.26 Å². The van der Waals surface area contributed by atoms with Gasteiger partial charge in [0, 0.05) is 11.9 Å². The Bertz CT molecular complexity index is 603. The van der Waals surface area contributed by atoms with Gasteiger partial charge in [0.1, 0.15) is 11.8 Å². The van der Waals surface area contributed by atoms with Crippen LogP contribution in [0.1, 0.15) is 22.4 Å². The normalized spacial score (nSPS) is 9.89. The summed E-state index contributed by atoms with van der Waals surface area (Å²) >= 11 is 0. The van der Waals surface area contributed by atoms with E-state index in [-0.39, 0.29) is 0 Å². The molecule has 4 nitrogen and oxygen atoms in total. The van der Waals surface area contributed by atoms with Crippen molar-refractivity contribution >= 4 is 11.6 Å². The highest BCUT2D eigenvalue weighted by Crippen LogP contribution is 2.24. The van der Waals surface area contributed by atoms with Gasteiger partial charge in [-0.3, -0.25) is 0 Å². The van der Waals surface area contributed by atoms with Crippen molar-refractivity contribution in [3.8, 4) is 6.07 Å². The van der Waals surface area contributed by atoms with Crippen molar-refractivity contribution in [1.29, 1.82) is 5.26 Å². The first kappa shape index (κ1) is 12.1. The quantitative estimate of drug-likeness (QED) is 0.873. The summed E-state index contributed by atoms with van der Waals surface area (Å²) in [7, 11) is 0. The number of aryl methyl sites for hydroxylation is 3. The van der Waals surface area contributed by atoms with E-state index in [9.17, 15) is 0 Å². The van der Waals surface area contributed by atoms with Crippen molar-refractivity contribution in [2.45, 2.75) is 20.8 Å². The third kappa shape index (κ3) is 2.46. The highest BCUT2D eigenvalue weighted by atomic mass is 15.1. The first-order chi connectivity index (χ1) is 8.60. The SMILES string of the molecule is Cc1cc(C)c(Nc2nccc(C#N)n2)c(C)c1. The predicted molar refractivity (Wildman–Crippen MR) is 70.7 cm³/mol. The molecule has 1 heterocycles. The molecule has 1 aromatic carbocycles. The maximum absolute atomic E-state index is 8.81. The Kier molecular flexibility index (Phi) is 3.24. The Balaban J connectivity index is 2.37. The van der Waals surface area contributed by atoms with Crippen molar-refractivity contribution in [1.82, 2.24) is 9.97 Å². The molecule has 4 heteroatoms. The lowest BCUT2D eigenvalue weighted by Gasteiger charge is -2.12. The zero-order valence-electron chi connectivity index (χ0n) is 10.7. The van der Waals surface area contributed by atoms with Crippen molar-refractivity contribution < 1.29 is 0 Å². The maximum Gasteiger partial charge on any atom is 0.228 e. The summed E-state index contributed by atoms with van der Waals surface area (Å²) in [6, 6.07) is 7.79. The topological polar surface area (TPSA) is 61.6 Å². The fourth-order valence-electron chi connectivity index (χ4n) is 1.97. The van der Waals surface area contributed by atoms with E-state index in [4.69, 9.17) is 5.26 Å². The summed E-state index contributed by atoms with van der Waals surface area (Å²) in [4.78, 5) is 8.22. The van der Waals surface area contributed by atoms with E-state index in [1.54, 1.807) is 12.3 Å². The molecule has 0 aliphatic heterocycles. The molecule has 0 saturated heterocycles. The molecule has 2 rings (SSSR count). The second-order valence-electron chi connectivity index (χ2n) is 4.28. The number of nitrogens with one attached hydrogen (secondary N) is 1. The monoisotopic (exact) mass is 238 g/mol. The first-order valence-electron chi connectivity index (χ1n) is 5.68. The smallest absolute Gasteiger partial charge is 0.228 e.